The molecule has 43 heavy (non-hydrogen) atoms. The second-order valence-electron chi connectivity index (χ2n) is 11.1. The first-order valence-electron chi connectivity index (χ1n) is 14.0. The number of nitrogens with zero attached hydrogens (tertiary/aromatic N) is 2. The van der Waals surface area contributed by atoms with Crippen molar-refractivity contribution in [1.29, 1.82) is 0 Å². The molecular weight excluding hydrogens is 600 g/mol. The SMILES string of the molecule is CC(=O)NC1CCN(CC(=O)N2CC[C@H](O[C@H](C)c3cc(C(F)(F)F)cc(C(F)(F)F)c3)[C@H](c3ccccc3)C2)CC1.Cl. The number of halogens is 7. The van der Waals surface area contributed by atoms with Crippen LogP contribution >= 0.6 is 12.4 Å². The van der Waals surface area contributed by atoms with Gasteiger partial charge in [-0.2, -0.15) is 26.3 Å². The standard InChI is InChI=1S/C30H35F6N3O3.ClH/c1-19(22-14-23(29(31,32)33)16-24(15-22)30(34,35)36)42-27-10-13-39(17-26(27)21-6-4-3-5-7-21)28(41)18-38-11-8-25(9-12-38)37-20(2)40;/h3-7,14-16,19,25-27H,8-13,17-18H2,1-2H3,(H,37,40);1H/t19-,26+,27+;/m1./s1. The highest BCUT2D eigenvalue weighted by Crippen LogP contribution is 2.39. The predicted octanol–water partition coefficient (Wildman–Crippen LogP) is 6.21. The Hall–Kier alpha value is -2.83. The maximum Gasteiger partial charge on any atom is 0.416 e. The molecular formula is C30H36ClF6N3O3. The first kappa shape index (κ1) is 34.7. The smallest absolute Gasteiger partial charge is 0.370 e. The van der Waals surface area contributed by atoms with Crippen molar-refractivity contribution in [2.24, 2.45) is 0 Å². The number of amides is 2. The molecule has 2 saturated heterocycles. The van der Waals surface area contributed by atoms with E-state index < -0.39 is 35.7 Å². The molecule has 0 unspecified atom stereocenters. The van der Waals surface area contributed by atoms with E-state index in [-0.39, 0.29) is 54.4 Å². The maximum absolute atomic E-state index is 13.4. The number of piperidine rings is 2. The molecule has 0 spiro atoms. The molecule has 0 bridgehead atoms. The number of carbonyl (C=O) groups is 2. The molecule has 3 atom stereocenters. The monoisotopic (exact) mass is 635 g/mol. The van der Waals surface area contributed by atoms with Gasteiger partial charge >= 0.3 is 12.4 Å². The number of carbonyl (C=O) groups excluding carboxylic acids is 2. The second-order valence-corrected chi connectivity index (χ2v) is 11.1. The van der Waals surface area contributed by atoms with E-state index in [4.69, 9.17) is 4.74 Å². The van der Waals surface area contributed by atoms with Crippen molar-refractivity contribution in [3.63, 3.8) is 0 Å². The molecule has 0 saturated carbocycles. The van der Waals surface area contributed by atoms with E-state index in [2.05, 4.69) is 10.2 Å². The molecule has 0 aromatic heterocycles. The Bertz CT molecular complexity index is 1200. The fourth-order valence-corrected chi connectivity index (χ4v) is 5.71. The Morgan fingerprint density at radius 3 is 2.05 bits per heavy atom. The van der Waals surface area contributed by atoms with Crippen molar-refractivity contribution in [2.75, 3.05) is 32.7 Å². The molecule has 0 radical (unpaired) electrons. The number of benzene rings is 2. The lowest BCUT2D eigenvalue weighted by Gasteiger charge is -2.41. The summed E-state index contributed by atoms with van der Waals surface area (Å²) in [5.41, 5.74) is -2.12. The van der Waals surface area contributed by atoms with Gasteiger partial charge in [0.05, 0.1) is 29.9 Å². The third-order valence-electron chi connectivity index (χ3n) is 7.94. The van der Waals surface area contributed by atoms with Gasteiger partial charge in [-0.3, -0.25) is 14.5 Å². The van der Waals surface area contributed by atoms with Gasteiger partial charge in [0.1, 0.15) is 0 Å². The summed E-state index contributed by atoms with van der Waals surface area (Å²) in [5, 5.41) is 2.91. The van der Waals surface area contributed by atoms with E-state index >= 15 is 0 Å². The number of alkyl halides is 6. The summed E-state index contributed by atoms with van der Waals surface area (Å²) >= 11 is 0. The van der Waals surface area contributed by atoms with Crippen LogP contribution in [0.15, 0.2) is 48.5 Å². The van der Waals surface area contributed by atoms with Crippen LogP contribution in [0, 0.1) is 0 Å². The Labute approximate surface area is 253 Å². The summed E-state index contributed by atoms with van der Waals surface area (Å²) in [5.74, 6) is -0.470. The van der Waals surface area contributed by atoms with Crippen molar-refractivity contribution < 1.29 is 40.7 Å². The van der Waals surface area contributed by atoms with Gasteiger partial charge in [-0.25, -0.2) is 0 Å². The molecule has 2 aromatic carbocycles. The fraction of sp³-hybridized carbons (Fsp3) is 0.533. The highest BCUT2D eigenvalue weighted by molar-refractivity contribution is 5.85. The molecule has 4 rings (SSSR count). The van der Waals surface area contributed by atoms with E-state index in [1.54, 1.807) is 4.90 Å². The molecule has 2 aliphatic heterocycles. The summed E-state index contributed by atoms with van der Waals surface area (Å²) in [7, 11) is 0. The van der Waals surface area contributed by atoms with Gasteiger partial charge < -0.3 is 15.0 Å². The minimum absolute atomic E-state index is 0. The maximum atomic E-state index is 13.4. The molecule has 2 heterocycles. The molecule has 0 aliphatic carbocycles. The first-order chi connectivity index (χ1) is 19.7. The van der Waals surface area contributed by atoms with Crippen molar-refractivity contribution in [3.8, 4) is 0 Å². The van der Waals surface area contributed by atoms with Gasteiger partial charge in [0.15, 0.2) is 0 Å². The topological polar surface area (TPSA) is 61.9 Å². The highest BCUT2D eigenvalue weighted by Gasteiger charge is 2.39. The van der Waals surface area contributed by atoms with Crippen LogP contribution in [0.5, 0.6) is 0 Å². The number of likely N-dealkylation sites (tertiary alicyclic amines) is 2. The Morgan fingerprint density at radius 2 is 1.51 bits per heavy atom. The largest absolute Gasteiger partial charge is 0.416 e. The Morgan fingerprint density at radius 1 is 0.930 bits per heavy atom. The van der Waals surface area contributed by atoms with Crippen LogP contribution in [0.4, 0.5) is 26.3 Å². The zero-order valence-electron chi connectivity index (χ0n) is 23.9. The summed E-state index contributed by atoms with van der Waals surface area (Å²) in [6.45, 7) is 5.14. The van der Waals surface area contributed by atoms with Crippen LogP contribution in [0.1, 0.15) is 67.4 Å². The Balaban J connectivity index is 0.00000506. The second kappa shape index (κ2) is 14.3. The highest BCUT2D eigenvalue weighted by atomic mass is 35.5. The molecule has 13 heteroatoms. The zero-order valence-corrected chi connectivity index (χ0v) is 24.7. The van der Waals surface area contributed by atoms with Crippen molar-refractivity contribution in [2.45, 2.75) is 69.6 Å². The number of nitrogens with one attached hydrogen (secondary N) is 1. The zero-order chi connectivity index (χ0) is 30.7. The van der Waals surface area contributed by atoms with Crippen molar-refractivity contribution in [1.82, 2.24) is 15.1 Å². The number of hydrogen-bond acceptors (Lipinski definition) is 4. The van der Waals surface area contributed by atoms with Gasteiger partial charge in [0, 0.05) is 45.1 Å². The quantitative estimate of drug-likeness (QED) is 0.368. The first-order valence-corrected chi connectivity index (χ1v) is 14.0. The molecule has 2 aromatic rings. The van der Waals surface area contributed by atoms with Crippen LogP contribution in [0.3, 0.4) is 0 Å². The number of hydrogen-bond donors (Lipinski definition) is 1. The number of rotatable bonds is 7. The lowest BCUT2D eigenvalue weighted by Crippen LogP contribution is -2.51. The summed E-state index contributed by atoms with van der Waals surface area (Å²) in [6, 6.07) is 10.8. The lowest BCUT2D eigenvalue weighted by atomic mass is 9.87. The predicted molar refractivity (Wildman–Crippen MR) is 151 cm³/mol. The van der Waals surface area contributed by atoms with Gasteiger partial charge in [0.25, 0.3) is 0 Å². The van der Waals surface area contributed by atoms with Crippen LogP contribution < -0.4 is 5.32 Å². The molecule has 238 valence electrons. The molecule has 2 amide bonds. The summed E-state index contributed by atoms with van der Waals surface area (Å²) in [4.78, 5) is 28.4. The molecule has 6 nitrogen and oxygen atoms in total. The minimum Gasteiger partial charge on any atom is -0.370 e. The van der Waals surface area contributed by atoms with Gasteiger partial charge in [-0.05, 0) is 55.5 Å². The van der Waals surface area contributed by atoms with Crippen LogP contribution in [-0.2, 0) is 26.7 Å². The van der Waals surface area contributed by atoms with E-state index in [0.29, 0.717) is 44.7 Å². The number of ether oxygens (including phenoxy) is 1. The van der Waals surface area contributed by atoms with E-state index in [9.17, 15) is 35.9 Å². The van der Waals surface area contributed by atoms with Gasteiger partial charge in [-0.15, -0.1) is 12.4 Å². The Kier molecular flexibility index (Phi) is 11.5. The van der Waals surface area contributed by atoms with E-state index in [1.165, 1.54) is 13.8 Å². The molecule has 1 N–H and O–H groups in total. The third-order valence-corrected chi connectivity index (χ3v) is 7.94. The third kappa shape index (κ3) is 9.33. The normalized spacial score (nSPS) is 21.2. The van der Waals surface area contributed by atoms with Crippen LogP contribution in [0.2, 0.25) is 0 Å². The van der Waals surface area contributed by atoms with E-state index in [0.717, 1.165) is 18.4 Å². The van der Waals surface area contributed by atoms with E-state index in [1.807, 2.05) is 30.3 Å². The van der Waals surface area contributed by atoms with Gasteiger partial charge in [0.2, 0.25) is 11.8 Å². The average molecular weight is 636 g/mol. The van der Waals surface area contributed by atoms with Gasteiger partial charge in [-0.1, -0.05) is 30.3 Å². The van der Waals surface area contributed by atoms with Crippen molar-refractivity contribution in [3.05, 3.63) is 70.8 Å². The van der Waals surface area contributed by atoms with Crippen LogP contribution in [-0.4, -0.2) is 66.5 Å². The minimum atomic E-state index is -4.95. The summed E-state index contributed by atoms with van der Waals surface area (Å²) < 4.78 is 86.8. The van der Waals surface area contributed by atoms with Crippen molar-refractivity contribution >= 4 is 24.2 Å². The average Bonchev–Trinajstić information content (AvgIpc) is 2.93. The summed E-state index contributed by atoms with van der Waals surface area (Å²) in [6.07, 6.45) is -9.63. The molecule has 2 fully saturated rings. The lowest BCUT2D eigenvalue weighted by molar-refractivity contribution is -0.143. The molecule has 2 aliphatic rings. The fourth-order valence-electron chi connectivity index (χ4n) is 5.71. The van der Waals surface area contributed by atoms with Crippen LogP contribution in [0.25, 0.3) is 0 Å².